The summed E-state index contributed by atoms with van der Waals surface area (Å²) in [6.07, 6.45) is 0. The van der Waals surface area contributed by atoms with E-state index in [-0.39, 0.29) is 0 Å². The molecule has 0 unspecified atom stereocenters. The molecule has 0 aliphatic heterocycles. The van der Waals surface area contributed by atoms with E-state index < -0.39 is 0 Å². The second-order valence-electron chi connectivity index (χ2n) is 2.57. The molecular formula is C8H9N5O. The SMILES string of the molecule is CCOc1ccc(-n2nnnn2)cc1. The highest BCUT2D eigenvalue weighted by molar-refractivity contribution is 5.35. The summed E-state index contributed by atoms with van der Waals surface area (Å²) < 4.78 is 5.30. The van der Waals surface area contributed by atoms with Crippen molar-refractivity contribution in [2.75, 3.05) is 6.61 Å². The lowest BCUT2D eigenvalue weighted by atomic mass is 10.3. The van der Waals surface area contributed by atoms with Gasteiger partial charge in [-0.2, -0.15) is 0 Å². The Hall–Kier alpha value is -1.98. The quantitative estimate of drug-likeness (QED) is 0.705. The van der Waals surface area contributed by atoms with Crippen molar-refractivity contribution in [3.05, 3.63) is 24.3 Å². The monoisotopic (exact) mass is 191 g/mol. The molecule has 72 valence electrons. The Kier molecular flexibility index (Phi) is 2.35. The largest absolute Gasteiger partial charge is 0.494 e. The van der Waals surface area contributed by atoms with Crippen LogP contribution in [0.15, 0.2) is 24.3 Å². The van der Waals surface area contributed by atoms with E-state index in [2.05, 4.69) is 20.9 Å². The molecule has 2 aromatic rings. The third-order valence-electron chi connectivity index (χ3n) is 1.67. The number of rotatable bonds is 3. The minimum Gasteiger partial charge on any atom is -0.494 e. The molecule has 0 atom stereocenters. The first-order chi connectivity index (χ1) is 6.90. The van der Waals surface area contributed by atoms with E-state index in [0.717, 1.165) is 11.4 Å². The maximum atomic E-state index is 5.30. The molecule has 1 aromatic carbocycles. The molecule has 2 rings (SSSR count). The topological polar surface area (TPSA) is 65.7 Å². The zero-order valence-corrected chi connectivity index (χ0v) is 7.66. The molecule has 0 amide bonds. The normalized spacial score (nSPS) is 10.1. The molecule has 0 aliphatic carbocycles. The highest BCUT2D eigenvalue weighted by atomic mass is 16.5. The molecule has 6 heteroatoms. The Bertz CT molecular complexity index is 383. The van der Waals surface area contributed by atoms with Crippen molar-refractivity contribution in [3.8, 4) is 11.4 Å². The van der Waals surface area contributed by atoms with Crippen LogP contribution in [0.3, 0.4) is 0 Å². The maximum Gasteiger partial charge on any atom is 0.119 e. The minimum absolute atomic E-state index is 0.655. The highest BCUT2D eigenvalue weighted by Gasteiger charge is 1.98. The first kappa shape index (κ1) is 8.61. The molecule has 0 saturated carbocycles. The summed E-state index contributed by atoms with van der Waals surface area (Å²) in [7, 11) is 0. The van der Waals surface area contributed by atoms with Gasteiger partial charge in [-0.3, -0.25) is 0 Å². The van der Waals surface area contributed by atoms with Gasteiger partial charge >= 0.3 is 0 Å². The lowest BCUT2D eigenvalue weighted by Gasteiger charge is -2.02. The zero-order chi connectivity index (χ0) is 9.80. The third-order valence-corrected chi connectivity index (χ3v) is 1.67. The fraction of sp³-hybridized carbons (Fsp3) is 0.250. The van der Waals surface area contributed by atoms with Crippen molar-refractivity contribution in [2.45, 2.75) is 6.92 Å². The standard InChI is InChI=1S/C8H9N5O/c1-2-14-8-5-3-7(4-6-8)13-11-9-10-12-13/h3-6H,2H2,1H3. The molecule has 6 nitrogen and oxygen atoms in total. The summed E-state index contributed by atoms with van der Waals surface area (Å²) in [5.74, 6) is 0.823. The van der Waals surface area contributed by atoms with Crippen LogP contribution in [0.2, 0.25) is 0 Å². The number of ether oxygens (including phenoxy) is 1. The molecule has 14 heavy (non-hydrogen) atoms. The third kappa shape index (κ3) is 1.68. The minimum atomic E-state index is 0.655. The van der Waals surface area contributed by atoms with Gasteiger partial charge in [-0.05, 0) is 52.0 Å². The van der Waals surface area contributed by atoms with Crippen molar-refractivity contribution >= 4 is 0 Å². The van der Waals surface area contributed by atoms with Crippen molar-refractivity contribution < 1.29 is 4.74 Å². The Morgan fingerprint density at radius 1 is 1.14 bits per heavy atom. The van der Waals surface area contributed by atoms with Crippen molar-refractivity contribution in [1.82, 2.24) is 25.7 Å². The summed E-state index contributed by atoms with van der Waals surface area (Å²) in [4.78, 5) is 1.34. The van der Waals surface area contributed by atoms with Gasteiger partial charge in [0.15, 0.2) is 0 Å². The zero-order valence-electron chi connectivity index (χ0n) is 7.66. The molecule has 0 spiro atoms. The fourth-order valence-corrected chi connectivity index (χ4v) is 1.08. The molecule has 0 radical (unpaired) electrons. The van der Waals surface area contributed by atoms with Gasteiger partial charge in [0.25, 0.3) is 0 Å². The van der Waals surface area contributed by atoms with Gasteiger partial charge in [0, 0.05) is 0 Å². The van der Waals surface area contributed by atoms with Crippen molar-refractivity contribution in [2.24, 2.45) is 0 Å². The Morgan fingerprint density at radius 2 is 1.79 bits per heavy atom. The molecule has 0 fully saturated rings. The van der Waals surface area contributed by atoms with Crippen LogP contribution in [0.1, 0.15) is 6.92 Å². The number of hydrogen-bond acceptors (Lipinski definition) is 5. The molecular weight excluding hydrogens is 182 g/mol. The predicted octanol–water partition coefficient (Wildman–Crippen LogP) is 0.456. The van der Waals surface area contributed by atoms with Gasteiger partial charge < -0.3 is 4.74 Å². The van der Waals surface area contributed by atoms with E-state index >= 15 is 0 Å². The molecule has 0 aliphatic rings. The number of hydrogen-bond donors (Lipinski definition) is 0. The van der Waals surface area contributed by atoms with E-state index in [1.54, 1.807) is 0 Å². The Morgan fingerprint density at radius 3 is 2.36 bits per heavy atom. The van der Waals surface area contributed by atoms with Gasteiger partial charge in [0.1, 0.15) is 5.75 Å². The molecule has 0 bridgehead atoms. The fourth-order valence-electron chi connectivity index (χ4n) is 1.08. The van der Waals surface area contributed by atoms with E-state index in [9.17, 15) is 0 Å². The number of benzene rings is 1. The molecule has 0 N–H and O–H groups in total. The van der Waals surface area contributed by atoms with Gasteiger partial charge in [0.05, 0.1) is 12.3 Å². The van der Waals surface area contributed by atoms with Crippen LogP contribution in [0.25, 0.3) is 5.69 Å². The van der Waals surface area contributed by atoms with Gasteiger partial charge in [-0.1, -0.05) is 0 Å². The van der Waals surface area contributed by atoms with Crippen LogP contribution in [-0.2, 0) is 0 Å². The Labute approximate surface area is 80.5 Å². The molecule has 1 aromatic heterocycles. The van der Waals surface area contributed by atoms with Crippen LogP contribution in [0.4, 0.5) is 0 Å². The lowest BCUT2D eigenvalue weighted by molar-refractivity contribution is 0.340. The van der Waals surface area contributed by atoms with Crippen LogP contribution in [-0.4, -0.2) is 32.3 Å². The summed E-state index contributed by atoms with van der Waals surface area (Å²) in [5.41, 5.74) is 0.804. The predicted molar refractivity (Wildman–Crippen MR) is 48.1 cm³/mol. The smallest absolute Gasteiger partial charge is 0.119 e. The van der Waals surface area contributed by atoms with E-state index in [0.29, 0.717) is 6.61 Å². The average molecular weight is 191 g/mol. The first-order valence-corrected chi connectivity index (χ1v) is 4.24. The lowest BCUT2D eigenvalue weighted by Crippen LogP contribution is -1.99. The van der Waals surface area contributed by atoms with Gasteiger partial charge in [-0.25, -0.2) is 0 Å². The van der Waals surface area contributed by atoms with Crippen LogP contribution in [0.5, 0.6) is 5.75 Å². The van der Waals surface area contributed by atoms with Crippen LogP contribution in [0, 0.1) is 0 Å². The van der Waals surface area contributed by atoms with Gasteiger partial charge in [-0.15, -0.1) is 4.80 Å². The van der Waals surface area contributed by atoms with E-state index in [1.165, 1.54) is 4.80 Å². The summed E-state index contributed by atoms with van der Waals surface area (Å²) >= 11 is 0. The Balaban J connectivity index is 2.22. The highest BCUT2D eigenvalue weighted by Crippen LogP contribution is 2.13. The van der Waals surface area contributed by atoms with Gasteiger partial charge in [0.2, 0.25) is 0 Å². The molecule has 0 saturated heterocycles. The number of aromatic nitrogens is 5. The average Bonchev–Trinajstić information content (AvgIpc) is 2.72. The summed E-state index contributed by atoms with van der Waals surface area (Å²) in [6, 6.07) is 7.38. The summed E-state index contributed by atoms with van der Waals surface area (Å²) in [5, 5.41) is 14.1. The first-order valence-electron chi connectivity index (χ1n) is 4.24. The number of nitrogens with zero attached hydrogens (tertiary/aromatic N) is 5. The second-order valence-corrected chi connectivity index (χ2v) is 2.57. The van der Waals surface area contributed by atoms with Crippen LogP contribution < -0.4 is 4.74 Å². The maximum absolute atomic E-state index is 5.30. The second kappa shape index (κ2) is 3.82. The van der Waals surface area contributed by atoms with E-state index in [4.69, 9.17) is 4.74 Å². The van der Waals surface area contributed by atoms with Crippen molar-refractivity contribution in [1.29, 1.82) is 0 Å². The summed E-state index contributed by atoms with van der Waals surface area (Å²) in [6.45, 7) is 2.60. The van der Waals surface area contributed by atoms with Crippen molar-refractivity contribution in [3.63, 3.8) is 0 Å². The van der Waals surface area contributed by atoms with E-state index in [1.807, 2.05) is 31.2 Å². The van der Waals surface area contributed by atoms with Crippen LogP contribution >= 0.6 is 0 Å². The molecule has 1 heterocycles.